The molecular formula is C32H40FN5O4. The lowest BCUT2D eigenvalue weighted by atomic mass is 9.99. The molecule has 0 spiro atoms. The number of halogens is 1. The lowest BCUT2D eigenvalue weighted by molar-refractivity contribution is 0.0996. The lowest BCUT2D eigenvalue weighted by Crippen LogP contribution is -2.33. The monoisotopic (exact) mass is 577 g/mol. The Morgan fingerprint density at radius 2 is 1.93 bits per heavy atom. The number of hydrogen-bond acceptors (Lipinski definition) is 8. The zero-order valence-electron chi connectivity index (χ0n) is 24.8. The zero-order valence-corrected chi connectivity index (χ0v) is 24.8. The van der Waals surface area contributed by atoms with Crippen LogP contribution in [0.5, 0.6) is 11.8 Å². The van der Waals surface area contributed by atoms with Crippen molar-refractivity contribution in [3.8, 4) is 11.8 Å². The number of anilines is 2. The minimum absolute atomic E-state index is 0.0119. The second kappa shape index (κ2) is 11.6. The van der Waals surface area contributed by atoms with Crippen molar-refractivity contribution in [3.63, 3.8) is 0 Å². The van der Waals surface area contributed by atoms with Crippen LogP contribution in [0, 0.1) is 11.2 Å². The number of phenols is 1. The van der Waals surface area contributed by atoms with Gasteiger partial charge in [-0.15, -0.1) is 0 Å². The SMILES string of the molecule is CCc1c(F)ccc2cc(O)cc(N3Cc4nc(OCC5(CN(CC)CC)CC5)nc(N5CCCOCC5)c4C3=O)c12. The smallest absolute Gasteiger partial charge is 0.318 e. The fourth-order valence-corrected chi connectivity index (χ4v) is 6.31. The van der Waals surface area contributed by atoms with E-state index >= 15 is 0 Å². The van der Waals surface area contributed by atoms with Gasteiger partial charge in [0.1, 0.15) is 22.9 Å². The quantitative estimate of drug-likeness (QED) is 0.363. The van der Waals surface area contributed by atoms with Gasteiger partial charge in [-0.1, -0.05) is 26.8 Å². The Morgan fingerprint density at radius 1 is 1.12 bits per heavy atom. The topological polar surface area (TPSA) is 91.3 Å². The van der Waals surface area contributed by atoms with E-state index < -0.39 is 0 Å². The first kappa shape index (κ1) is 28.6. The minimum atomic E-state index is -0.333. The molecule has 1 saturated carbocycles. The second-order valence-corrected chi connectivity index (χ2v) is 11.7. The molecule has 0 bridgehead atoms. The van der Waals surface area contributed by atoms with Gasteiger partial charge in [-0.3, -0.25) is 4.79 Å². The number of aryl methyl sites for hydroxylation is 1. The first-order chi connectivity index (χ1) is 20.4. The first-order valence-electron chi connectivity index (χ1n) is 15.2. The molecule has 1 aliphatic carbocycles. The highest BCUT2D eigenvalue weighted by Gasteiger charge is 2.45. The van der Waals surface area contributed by atoms with E-state index in [1.165, 1.54) is 6.07 Å². The molecule has 2 fully saturated rings. The van der Waals surface area contributed by atoms with Crippen LogP contribution in [0.25, 0.3) is 10.8 Å². The molecule has 1 N–H and O–H groups in total. The summed E-state index contributed by atoms with van der Waals surface area (Å²) in [6, 6.07) is 6.47. The predicted octanol–water partition coefficient (Wildman–Crippen LogP) is 4.92. The number of carbonyl (C=O) groups is 1. The highest BCUT2D eigenvalue weighted by molar-refractivity contribution is 6.16. The van der Waals surface area contributed by atoms with Gasteiger partial charge in [-0.2, -0.15) is 9.97 Å². The van der Waals surface area contributed by atoms with Crippen molar-refractivity contribution >= 4 is 28.2 Å². The van der Waals surface area contributed by atoms with Gasteiger partial charge in [0.25, 0.3) is 5.91 Å². The number of benzene rings is 2. The molecule has 224 valence electrons. The van der Waals surface area contributed by atoms with E-state index in [2.05, 4.69) is 23.6 Å². The Kier molecular flexibility index (Phi) is 7.93. The number of amides is 1. The Morgan fingerprint density at radius 3 is 2.67 bits per heavy atom. The van der Waals surface area contributed by atoms with E-state index in [1.54, 1.807) is 23.1 Å². The molecule has 1 amide bonds. The van der Waals surface area contributed by atoms with Crippen LogP contribution < -0.4 is 14.5 Å². The molecule has 2 aromatic carbocycles. The van der Waals surface area contributed by atoms with Crippen molar-refractivity contribution < 1.29 is 23.8 Å². The number of hydrogen-bond donors (Lipinski definition) is 1. The molecule has 3 aliphatic rings. The van der Waals surface area contributed by atoms with Crippen LogP contribution in [-0.4, -0.2) is 78.4 Å². The summed E-state index contributed by atoms with van der Waals surface area (Å²) in [6.45, 7) is 12.4. The fraction of sp³-hybridized carbons (Fsp3) is 0.531. The van der Waals surface area contributed by atoms with Gasteiger partial charge in [0.15, 0.2) is 0 Å². The number of aromatic hydroxyl groups is 1. The average Bonchev–Trinajstić information content (AvgIpc) is 3.75. The van der Waals surface area contributed by atoms with Crippen LogP contribution in [0.3, 0.4) is 0 Å². The Labute approximate surface area is 246 Å². The van der Waals surface area contributed by atoms with Crippen LogP contribution in [-0.2, 0) is 17.7 Å². The average molecular weight is 578 g/mol. The summed E-state index contributed by atoms with van der Waals surface area (Å²) < 4.78 is 26.9. The third-order valence-corrected chi connectivity index (χ3v) is 8.93. The van der Waals surface area contributed by atoms with Gasteiger partial charge < -0.3 is 29.3 Å². The maximum atomic E-state index is 14.9. The molecule has 0 radical (unpaired) electrons. The van der Waals surface area contributed by atoms with Crippen molar-refractivity contribution in [2.45, 2.75) is 53.0 Å². The molecule has 6 rings (SSSR count). The van der Waals surface area contributed by atoms with Crippen LogP contribution in [0.4, 0.5) is 15.9 Å². The highest BCUT2D eigenvalue weighted by atomic mass is 19.1. The molecule has 3 heterocycles. The van der Waals surface area contributed by atoms with E-state index in [1.807, 2.05) is 6.92 Å². The van der Waals surface area contributed by atoms with Crippen LogP contribution in [0.1, 0.15) is 61.6 Å². The molecule has 10 heteroatoms. The van der Waals surface area contributed by atoms with E-state index in [0.717, 1.165) is 38.9 Å². The van der Waals surface area contributed by atoms with Crippen molar-refractivity contribution in [1.29, 1.82) is 0 Å². The molecule has 42 heavy (non-hydrogen) atoms. The van der Waals surface area contributed by atoms with Crippen molar-refractivity contribution in [2.24, 2.45) is 5.41 Å². The Bertz CT molecular complexity index is 1480. The molecule has 3 aromatic rings. The van der Waals surface area contributed by atoms with Crippen molar-refractivity contribution in [2.75, 3.05) is 62.3 Å². The minimum Gasteiger partial charge on any atom is -0.508 e. The summed E-state index contributed by atoms with van der Waals surface area (Å²) in [5.41, 5.74) is 2.08. The van der Waals surface area contributed by atoms with E-state index in [0.29, 0.717) is 78.4 Å². The van der Waals surface area contributed by atoms with Crippen molar-refractivity contribution in [1.82, 2.24) is 14.9 Å². The largest absolute Gasteiger partial charge is 0.508 e. The Balaban J connectivity index is 1.38. The summed E-state index contributed by atoms with van der Waals surface area (Å²) in [7, 11) is 0. The third-order valence-electron chi connectivity index (χ3n) is 8.93. The van der Waals surface area contributed by atoms with E-state index in [-0.39, 0.29) is 35.4 Å². The number of rotatable bonds is 10. The zero-order chi connectivity index (χ0) is 29.4. The van der Waals surface area contributed by atoms with Crippen LogP contribution in [0.15, 0.2) is 24.3 Å². The maximum absolute atomic E-state index is 14.9. The summed E-state index contributed by atoms with van der Waals surface area (Å²) >= 11 is 0. The number of nitrogens with zero attached hydrogens (tertiary/aromatic N) is 5. The lowest BCUT2D eigenvalue weighted by Gasteiger charge is -2.25. The molecule has 9 nitrogen and oxygen atoms in total. The first-order valence-corrected chi connectivity index (χ1v) is 15.2. The summed E-state index contributed by atoms with van der Waals surface area (Å²) in [5, 5.41) is 11.9. The predicted molar refractivity (Wildman–Crippen MR) is 160 cm³/mol. The molecule has 2 aliphatic heterocycles. The van der Waals surface area contributed by atoms with Gasteiger partial charge >= 0.3 is 6.01 Å². The highest BCUT2D eigenvalue weighted by Crippen LogP contribution is 2.47. The number of carbonyl (C=O) groups excluding carboxylic acids is 1. The number of ether oxygens (including phenoxy) is 2. The molecule has 1 aromatic heterocycles. The summed E-state index contributed by atoms with van der Waals surface area (Å²) in [5.74, 6) is -0.0403. The normalized spacial score (nSPS) is 18.1. The summed E-state index contributed by atoms with van der Waals surface area (Å²) in [4.78, 5) is 29.9. The van der Waals surface area contributed by atoms with Gasteiger partial charge in [0.2, 0.25) is 0 Å². The van der Waals surface area contributed by atoms with Crippen molar-refractivity contribution in [3.05, 3.63) is 46.9 Å². The Hall–Kier alpha value is -3.50. The number of aromatic nitrogens is 2. The standard InChI is InChI=1S/C32H40FN5O4/c1-4-23-24(33)9-8-21-16-22(39)17-26(27(21)23)38-18-25-28(30(38)40)29(37-12-7-14-41-15-13-37)35-31(34-25)42-20-32(10-11-32)19-36(5-2)6-3/h8-9,16-17,39H,4-7,10-15,18-20H2,1-3H3. The molecule has 0 atom stereocenters. The van der Waals surface area contributed by atoms with E-state index in [9.17, 15) is 14.3 Å². The molecule has 0 unspecified atom stereocenters. The second-order valence-electron chi connectivity index (χ2n) is 11.7. The van der Waals surface area contributed by atoms with Gasteiger partial charge in [0, 0.05) is 43.1 Å². The van der Waals surface area contributed by atoms with Crippen LogP contribution >= 0.6 is 0 Å². The van der Waals surface area contributed by atoms with Crippen LogP contribution in [0.2, 0.25) is 0 Å². The molecular weight excluding hydrogens is 537 g/mol. The third kappa shape index (κ3) is 5.38. The maximum Gasteiger partial charge on any atom is 0.318 e. The molecule has 1 saturated heterocycles. The van der Waals surface area contributed by atoms with Gasteiger partial charge in [-0.05, 0) is 61.9 Å². The summed E-state index contributed by atoms with van der Waals surface area (Å²) in [6.07, 6.45) is 3.48. The number of phenolic OH excluding ortho intramolecular Hbond substituents is 1. The number of fused-ring (bicyclic) bond motifs is 2. The van der Waals surface area contributed by atoms with E-state index in [4.69, 9.17) is 19.4 Å². The van der Waals surface area contributed by atoms with Gasteiger partial charge in [0.05, 0.1) is 31.1 Å². The van der Waals surface area contributed by atoms with Gasteiger partial charge in [-0.25, -0.2) is 4.39 Å². The fourth-order valence-electron chi connectivity index (χ4n) is 6.31.